The van der Waals surface area contributed by atoms with Crippen LogP contribution in [0.5, 0.6) is 17.2 Å². The first-order valence-corrected chi connectivity index (χ1v) is 11.9. The van der Waals surface area contributed by atoms with Crippen LogP contribution < -0.4 is 9.47 Å². The molecule has 176 valence electrons. The van der Waals surface area contributed by atoms with Crippen molar-refractivity contribution >= 4 is 46.6 Å². The van der Waals surface area contributed by atoms with Gasteiger partial charge in [-0.1, -0.05) is 40.9 Å². The fraction of sp³-hybridized carbons (Fsp3) is 0.231. The van der Waals surface area contributed by atoms with Crippen LogP contribution >= 0.6 is 34.8 Å². The molecule has 0 aromatic heterocycles. The number of aliphatic carboxylic acids is 1. The van der Waals surface area contributed by atoms with Crippen LogP contribution in [0.3, 0.4) is 0 Å². The second kappa shape index (κ2) is 10.7. The van der Waals surface area contributed by atoms with Crippen LogP contribution in [-0.2, 0) is 11.2 Å². The number of Topliss-reactive ketones (excluding diaryl/α,β-unsaturated/α-hetero) is 1. The molecule has 0 unspecified atom stereocenters. The summed E-state index contributed by atoms with van der Waals surface area (Å²) in [5.41, 5.74) is 2.08. The third kappa shape index (κ3) is 5.66. The molecule has 0 spiro atoms. The number of fused-ring (bicyclic) bond motifs is 1. The van der Waals surface area contributed by atoms with E-state index in [0.717, 1.165) is 5.56 Å². The van der Waals surface area contributed by atoms with Crippen molar-refractivity contribution in [2.24, 2.45) is 0 Å². The maximum Gasteiger partial charge on any atom is 0.311 e. The Morgan fingerprint density at radius 2 is 1.76 bits per heavy atom. The number of aryl methyl sites for hydroxylation is 1. The highest BCUT2D eigenvalue weighted by Gasteiger charge is 2.29. The van der Waals surface area contributed by atoms with Crippen LogP contribution in [0.4, 0.5) is 0 Å². The normalized spacial score (nSPS) is 14.7. The van der Waals surface area contributed by atoms with E-state index in [1.807, 2.05) is 6.07 Å². The van der Waals surface area contributed by atoms with Crippen LogP contribution in [0.25, 0.3) is 0 Å². The van der Waals surface area contributed by atoms with E-state index in [4.69, 9.17) is 44.3 Å². The van der Waals surface area contributed by atoms with E-state index in [2.05, 4.69) is 0 Å². The lowest BCUT2D eigenvalue weighted by Gasteiger charge is -2.24. The lowest BCUT2D eigenvalue weighted by molar-refractivity contribution is -0.139. The summed E-state index contributed by atoms with van der Waals surface area (Å²) in [6, 6.07) is 15.3. The molecule has 4 rings (SSSR count). The Morgan fingerprint density at radius 1 is 1.00 bits per heavy atom. The van der Waals surface area contributed by atoms with Gasteiger partial charge in [0.15, 0.2) is 5.78 Å². The fourth-order valence-corrected chi connectivity index (χ4v) is 4.58. The van der Waals surface area contributed by atoms with Crippen LogP contribution in [0.15, 0.2) is 54.6 Å². The Kier molecular flexibility index (Phi) is 7.67. The minimum Gasteiger partial charge on any atom is -0.493 e. The lowest BCUT2D eigenvalue weighted by Crippen LogP contribution is -2.20. The van der Waals surface area contributed by atoms with Crippen LogP contribution in [0.1, 0.15) is 46.7 Å². The second-order valence-electron chi connectivity index (χ2n) is 7.99. The summed E-state index contributed by atoms with van der Waals surface area (Å²) >= 11 is 18.5. The van der Waals surface area contributed by atoms with Gasteiger partial charge in [-0.2, -0.15) is 0 Å². The number of rotatable bonds is 8. The minimum absolute atomic E-state index is 0.0246. The first kappa shape index (κ1) is 24.4. The maximum atomic E-state index is 12.6. The summed E-state index contributed by atoms with van der Waals surface area (Å²) in [5.74, 6) is -0.244. The van der Waals surface area contributed by atoms with Crippen molar-refractivity contribution in [1.29, 1.82) is 0 Å². The molecule has 3 aromatic rings. The van der Waals surface area contributed by atoms with Gasteiger partial charge in [0.25, 0.3) is 0 Å². The number of hydrogen-bond donors (Lipinski definition) is 1. The van der Waals surface area contributed by atoms with E-state index < -0.39 is 11.9 Å². The largest absolute Gasteiger partial charge is 0.493 e. The molecular weight excluding hydrogens is 499 g/mol. The first-order chi connectivity index (χ1) is 16.3. The zero-order chi connectivity index (χ0) is 24.2. The average molecular weight is 520 g/mol. The molecular formula is C26H21Cl3O5. The molecule has 1 N–H and O–H groups in total. The fourth-order valence-electron chi connectivity index (χ4n) is 3.87. The topological polar surface area (TPSA) is 72.8 Å². The van der Waals surface area contributed by atoms with Crippen molar-refractivity contribution in [2.45, 2.75) is 31.6 Å². The van der Waals surface area contributed by atoms with Gasteiger partial charge in [0.05, 0.1) is 17.5 Å². The van der Waals surface area contributed by atoms with Crippen LogP contribution in [-0.4, -0.2) is 23.5 Å². The number of carbonyl (C=O) groups is 2. The third-order valence-electron chi connectivity index (χ3n) is 5.67. The Hall–Kier alpha value is -2.73. The number of carbonyl (C=O) groups excluding carboxylic acids is 1. The Balaban J connectivity index is 1.38. The molecule has 0 radical (unpaired) electrons. The molecule has 1 aliphatic rings. The van der Waals surface area contributed by atoms with E-state index in [-0.39, 0.29) is 10.8 Å². The highest BCUT2D eigenvalue weighted by atomic mass is 35.5. The van der Waals surface area contributed by atoms with Gasteiger partial charge in [-0.25, -0.2) is 0 Å². The van der Waals surface area contributed by atoms with Gasteiger partial charge >= 0.3 is 5.97 Å². The predicted octanol–water partition coefficient (Wildman–Crippen LogP) is 7.60. The highest BCUT2D eigenvalue weighted by Crippen LogP contribution is 2.41. The molecule has 0 amide bonds. The summed E-state index contributed by atoms with van der Waals surface area (Å²) in [7, 11) is 0. The Bertz CT molecular complexity index is 1220. The summed E-state index contributed by atoms with van der Waals surface area (Å²) in [4.78, 5) is 24.1. The van der Waals surface area contributed by atoms with Gasteiger partial charge in [-0.05, 0) is 67.3 Å². The predicted molar refractivity (Wildman–Crippen MR) is 132 cm³/mol. The molecule has 0 saturated heterocycles. The summed E-state index contributed by atoms with van der Waals surface area (Å²) < 4.78 is 11.5. The second-order valence-corrected chi connectivity index (χ2v) is 9.24. The molecule has 1 atom stereocenters. The van der Waals surface area contributed by atoms with Crippen LogP contribution in [0, 0.1) is 0 Å². The van der Waals surface area contributed by atoms with Crippen molar-refractivity contribution in [3.8, 4) is 17.2 Å². The molecule has 0 bridgehead atoms. The molecule has 1 heterocycles. The number of hydrogen-bond acceptors (Lipinski definition) is 4. The van der Waals surface area contributed by atoms with Crippen molar-refractivity contribution in [3.05, 3.63) is 86.4 Å². The molecule has 1 aliphatic heterocycles. The molecule has 0 fully saturated rings. The highest BCUT2D eigenvalue weighted by molar-refractivity contribution is 6.35. The van der Waals surface area contributed by atoms with Gasteiger partial charge in [0.2, 0.25) is 0 Å². The Morgan fingerprint density at radius 3 is 2.47 bits per heavy atom. The molecule has 0 aliphatic carbocycles. The van der Waals surface area contributed by atoms with Gasteiger partial charge in [0, 0.05) is 33.7 Å². The molecule has 5 nitrogen and oxygen atoms in total. The van der Waals surface area contributed by atoms with Crippen molar-refractivity contribution in [3.63, 3.8) is 0 Å². The van der Waals surface area contributed by atoms with Gasteiger partial charge in [-0.3, -0.25) is 9.59 Å². The maximum absolute atomic E-state index is 12.6. The number of carboxylic acid groups (broad SMARTS) is 1. The lowest BCUT2D eigenvalue weighted by atomic mass is 9.93. The van der Waals surface area contributed by atoms with Crippen molar-refractivity contribution in [2.75, 3.05) is 6.61 Å². The zero-order valence-corrected chi connectivity index (χ0v) is 20.3. The van der Waals surface area contributed by atoms with Crippen LogP contribution in [0.2, 0.25) is 15.1 Å². The summed E-state index contributed by atoms with van der Waals surface area (Å²) in [6.07, 6.45) is 2.13. The molecule has 8 heteroatoms. The van der Waals surface area contributed by atoms with E-state index in [0.29, 0.717) is 70.7 Å². The van der Waals surface area contributed by atoms with Crippen molar-refractivity contribution < 1.29 is 24.2 Å². The molecule has 34 heavy (non-hydrogen) atoms. The number of halogens is 3. The van der Waals surface area contributed by atoms with E-state index in [1.54, 1.807) is 48.5 Å². The van der Waals surface area contributed by atoms with Gasteiger partial charge in [-0.15, -0.1) is 0 Å². The monoisotopic (exact) mass is 518 g/mol. The SMILES string of the molecule is O=C(CCCc1ccc(Cl)cc1Cl)c1ccc(Oc2cc3c(cc2Cl)[C@@H](C(=O)O)CCO3)cc1. The zero-order valence-electron chi connectivity index (χ0n) is 18.0. The first-order valence-electron chi connectivity index (χ1n) is 10.8. The number of carboxylic acids is 1. The smallest absolute Gasteiger partial charge is 0.311 e. The summed E-state index contributed by atoms with van der Waals surface area (Å²) in [6.45, 7) is 0.312. The van der Waals surface area contributed by atoms with E-state index in [1.165, 1.54) is 0 Å². The van der Waals surface area contributed by atoms with E-state index in [9.17, 15) is 14.7 Å². The molecule has 0 saturated carbocycles. The Labute approximate surface area is 212 Å². The quantitative estimate of drug-likeness (QED) is 0.310. The molecule has 3 aromatic carbocycles. The van der Waals surface area contributed by atoms with Gasteiger partial charge < -0.3 is 14.6 Å². The summed E-state index contributed by atoms with van der Waals surface area (Å²) in [5, 5.41) is 10.9. The minimum atomic E-state index is -0.911. The number of ether oxygens (including phenoxy) is 2. The number of ketones is 1. The standard InChI is InChI=1S/C26H21Cl3O5/c27-17-7-4-15(21(28)12-17)2-1-3-23(30)16-5-8-18(9-6-16)34-25-14-24-20(13-22(25)29)19(26(31)32)10-11-33-24/h4-9,12-14,19H,1-3,10-11H2,(H,31,32)/t19-/m0/s1. The van der Waals surface area contributed by atoms with E-state index >= 15 is 0 Å². The van der Waals surface area contributed by atoms with Gasteiger partial charge in [0.1, 0.15) is 17.2 Å². The third-order valence-corrected chi connectivity index (χ3v) is 6.55. The average Bonchev–Trinajstić information content (AvgIpc) is 2.81. The van der Waals surface area contributed by atoms with Crippen molar-refractivity contribution in [1.82, 2.24) is 0 Å². The number of benzene rings is 3.